The third kappa shape index (κ3) is 6.05. The van der Waals surface area contributed by atoms with Gasteiger partial charge >= 0.3 is 0 Å². The number of anilines is 1. The van der Waals surface area contributed by atoms with E-state index in [1.807, 2.05) is 17.5 Å². The predicted octanol–water partition coefficient (Wildman–Crippen LogP) is 5.67. The minimum absolute atomic E-state index is 0.0522. The molecular weight excluding hydrogens is 479 g/mol. The average Bonchev–Trinajstić information content (AvgIpc) is 3.41. The summed E-state index contributed by atoms with van der Waals surface area (Å²) in [6.07, 6.45) is 5.21. The van der Waals surface area contributed by atoms with Gasteiger partial charge in [-0.05, 0) is 66.2 Å². The molecule has 6 nitrogen and oxygen atoms in total. The first-order chi connectivity index (χ1) is 17.5. The first kappa shape index (κ1) is 25.7. The molecule has 1 aliphatic carbocycles. The minimum atomic E-state index is -0.982. The molecule has 3 aromatic rings. The maximum absolute atomic E-state index is 13.9. The fourth-order valence-corrected chi connectivity index (χ4v) is 5.35. The molecule has 8 heteroatoms. The van der Waals surface area contributed by atoms with Crippen molar-refractivity contribution in [1.82, 2.24) is 5.32 Å². The van der Waals surface area contributed by atoms with Crippen LogP contribution in [0.1, 0.15) is 48.6 Å². The molecular formula is C28H31FN2O4S. The van der Waals surface area contributed by atoms with Gasteiger partial charge in [-0.3, -0.25) is 14.5 Å². The van der Waals surface area contributed by atoms with Crippen LogP contribution in [0.25, 0.3) is 0 Å². The number of methoxy groups -OCH3 is 2. The Bertz CT molecular complexity index is 1160. The number of hydrogen-bond acceptors (Lipinski definition) is 5. The Balaban J connectivity index is 1.79. The number of carbonyl (C=O) groups excluding carboxylic acids is 2. The zero-order chi connectivity index (χ0) is 25.5. The maximum atomic E-state index is 13.9. The van der Waals surface area contributed by atoms with Gasteiger partial charge in [-0.15, -0.1) is 11.3 Å². The Kier molecular flexibility index (Phi) is 8.59. The second-order valence-corrected chi connectivity index (χ2v) is 9.89. The molecule has 0 unspecified atom stereocenters. The average molecular weight is 511 g/mol. The van der Waals surface area contributed by atoms with Crippen LogP contribution in [-0.4, -0.2) is 32.1 Å². The highest BCUT2D eigenvalue weighted by Gasteiger charge is 2.34. The van der Waals surface area contributed by atoms with Crippen molar-refractivity contribution in [2.24, 2.45) is 0 Å². The van der Waals surface area contributed by atoms with Gasteiger partial charge in [0.2, 0.25) is 11.8 Å². The summed E-state index contributed by atoms with van der Waals surface area (Å²) in [6.45, 7) is 0. The van der Waals surface area contributed by atoms with Gasteiger partial charge in [-0.1, -0.05) is 31.4 Å². The zero-order valence-electron chi connectivity index (χ0n) is 20.5. The van der Waals surface area contributed by atoms with Gasteiger partial charge in [0.25, 0.3) is 0 Å². The molecule has 0 bridgehead atoms. The number of carbonyl (C=O) groups is 2. The topological polar surface area (TPSA) is 67.9 Å². The molecule has 1 aliphatic rings. The molecule has 0 radical (unpaired) electrons. The molecule has 0 saturated heterocycles. The van der Waals surface area contributed by atoms with Crippen LogP contribution in [0.15, 0.2) is 60.0 Å². The monoisotopic (exact) mass is 510 g/mol. The van der Waals surface area contributed by atoms with Crippen molar-refractivity contribution >= 4 is 28.8 Å². The van der Waals surface area contributed by atoms with Crippen LogP contribution in [0.5, 0.6) is 11.5 Å². The molecule has 1 saturated carbocycles. The van der Waals surface area contributed by atoms with Crippen LogP contribution < -0.4 is 19.7 Å². The van der Waals surface area contributed by atoms with Crippen LogP contribution in [0, 0.1) is 5.82 Å². The summed E-state index contributed by atoms with van der Waals surface area (Å²) >= 11 is 1.48. The van der Waals surface area contributed by atoms with Crippen LogP contribution in [0.4, 0.5) is 10.1 Å². The fourth-order valence-electron chi connectivity index (χ4n) is 4.65. The first-order valence-electron chi connectivity index (χ1n) is 12.1. The lowest BCUT2D eigenvalue weighted by Gasteiger charge is -2.33. The molecule has 2 amide bonds. The van der Waals surface area contributed by atoms with E-state index in [2.05, 4.69) is 5.32 Å². The van der Waals surface area contributed by atoms with Crippen molar-refractivity contribution in [1.29, 1.82) is 0 Å². The van der Waals surface area contributed by atoms with E-state index in [1.54, 1.807) is 25.3 Å². The van der Waals surface area contributed by atoms with E-state index in [-0.39, 0.29) is 24.3 Å². The first-order valence-corrected chi connectivity index (χ1v) is 13.0. The lowest BCUT2D eigenvalue weighted by molar-refractivity contribution is -0.127. The quantitative estimate of drug-likeness (QED) is 0.403. The summed E-state index contributed by atoms with van der Waals surface area (Å²) in [4.78, 5) is 30.0. The van der Waals surface area contributed by atoms with Gasteiger partial charge in [0, 0.05) is 16.6 Å². The maximum Gasteiger partial charge on any atom is 0.248 e. The summed E-state index contributed by atoms with van der Waals surface area (Å²) in [5.74, 6) is 0.0144. The Morgan fingerprint density at radius 2 is 1.75 bits per heavy atom. The summed E-state index contributed by atoms with van der Waals surface area (Å²) in [6, 6.07) is 13.7. The molecule has 1 N–H and O–H groups in total. The number of nitrogens with one attached hydrogen (secondary N) is 1. The SMILES string of the molecule is COc1ccc([C@@H](C(=O)NC2CCCCC2)N(C(=O)Cc2cccs2)c2ccc(F)cc2)cc1OC. The van der Waals surface area contributed by atoms with Crippen molar-refractivity contribution in [2.75, 3.05) is 19.1 Å². The molecule has 190 valence electrons. The second kappa shape index (κ2) is 12.0. The van der Waals surface area contributed by atoms with E-state index >= 15 is 0 Å². The molecule has 0 spiro atoms. The molecule has 4 rings (SSSR count). The standard InChI is InChI=1S/C28H31FN2O4S/c1-34-24-15-10-19(17-25(24)35-2)27(28(33)30-21-7-4-3-5-8-21)31(22-13-11-20(29)12-14-22)26(32)18-23-9-6-16-36-23/h6,9-17,21,27H,3-5,7-8,18H2,1-2H3,(H,30,33)/t27-/m0/s1. The molecule has 1 fully saturated rings. The number of hydrogen-bond donors (Lipinski definition) is 1. The van der Waals surface area contributed by atoms with E-state index in [4.69, 9.17) is 9.47 Å². The van der Waals surface area contributed by atoms with Gasteiger partial charge in [-0.2, -0.15) is 0 Å². The molecule has 1 heterocycles. The van der Waals surface area contributed by atoms with Gasteiger partial charge in [0.15, 0.2) is 11.5 Å². The van der Waals surface area contributed by atoms with Crippen molar-refractivity contribution in [3.8, 4) is 11.5 Å². The molecule has 0 aliphatic heterocycles. The van der Waals surface area contributed by atoms with Crippen molar-refractivity contribution in [3.63, 3.8) is 0 Å². The van der Waals surface area contributed by atoms with Gasteiger partial charge in [-0.25, -0.2) is 4.39 Å². The molecule has 1 aromatic heterocycles. The zero-order valence-corrected chi connectivity index (χ0v) is 21.4. The molecule has 1 atom stereocenters. The number of nitrogens with zero attached hydrogens (tertiary/aromatic N) is 1. The second-order valence-electron chi connectivity index (χ2n) is 8.86. The summed E-state index contributed by atoms with van der Waals surface area (Å²) < 4.78 is 24.7. The van der Waals surface area contributed by atoms with Gasteiger partial charge in [0.1, 0.15) is 11.9 Å². The fraction of sp³-hybridized carbons (Fsp3) is 0.357. The van der Waals surface area contributed by atoms with Crippen molar-refractivity contribution in [3.05, 3.63) is 76.2 Å². The summed E-state index contributed by atoms with van der Waals surface area (Å²) in [7, 11) is 3.07. The van der Waals surface area contributed by atoms with Crippen molar-refractivity contribution < 1.29 is 23.5 Å². The van der Waals surface area contributed by atoms with Crippen LogP contribution in [0.3, 0.4) is 0 Å². The Hall–Kier alpha value is -3.39. The number of amides is 2. The number of benzene rings is 2. The lowest BCUT2D eigenvalue weighted by Crippen LogP contribution is -2.47. The highest BCUT2D eigenvalue weighted by molar-refractivity contribution is 7.10. The van der Waals surface area contributed by atoms with Crippen LogP contribution in [0.2, 0.25) is 0 Å². The minimum Gasteiger partial charge on any atom is -0.493 e. The highest BCUT2D eigenvalue weighted by atomic mass is 32.1. The van der Waals surface area contributed by atoms with Crippen LogP contribution in [-0.2, 0) is 16.0 Å². The van der Waals surface area contributed by atoms with E-state index < -0.39 is 11.9 Å². The summed E-state index contributed by atoms with van der Waals surface area (Å²) in [5.41, 5.74) is 1.02. The number of ether oxygens (including phenoxy) is 2. The highest BCUT2D eigenvalue weighted by Crippen LogP contribution is 2.35. The molecule has 36 heavy (non-hydrogen) atoms. The lowest BCUT2D eigenvalue weighted by atomic mass is 9.94. The number of halogens is 1. The van der Waals surface area contributed by atoms with Gasteiger partial charge in [0.05, 0.1) is 20.6 Å². The largest absolute Gasteiger partial charge is 0.493 e. The van der Waals surface area contributed by atoms with Gasteiger partial charge < -0.3 is 14.8 Å². The van der Waals surface area contributed by atoms with Crippen molar-refractivity contribution in [2.45, 2.75) is 50.6 Å². The normalized spacial score (nSPS) is 14.6. The smallest absolute Gasteiger partial charge is 0.248 e. The van der Waals surface area contributed by atoms with E-state index in [0.717, 1.165) is 37.0 Å². The summed E-state index contributed by atoms with van der Waals surface area (Å²) in [5, 5.41) is 5.09. The predicted molar refractivity (Wildman–Crippen MR) is 139 cm³/mol. The number of rotatable bonds is 9. The Labute approximate surface area is 215 Å². The van der Waals surface area contributed by atoms with E-state index in [9.17, 15) is 14.0 Å². The molecule has 2 aromatic carbocycles. The number of thiophene rings is 1. The van der Waals surface area contributed by atoms with E-state index in [1.165, 1.54) is 47.6 Å². The Morgan fingerprint density at radius 3 is 2.39 bits per heavy atom. The Morgan fingerprint density at radius 1 is 1.03 bits per heavy atom. The third-order valence-corrected chi connectivity index (χ3v) is 7.34. The van der Waals surface area contributed by atoms with E-state index in [0.29, 0.717) is 22.7 Å². The third-order valence-electron chi connectivity index (χ3n) is 6.46. The van der Waals surface area contributed by atoms with Crippen LogP contribution >= 0.6 is 11.3 Å².